The van der Waals surface area contributed by atoms with Gasteiger partial charge in [0.15, 0.2) is 17.1 Å². The van der Waals surface area contributed by atoms with Gasteiger partial charge in [-0.2, -0.15) is 9.78 Å². The highest BCUT2D eigenvalue weighted by molar-refractivity contribution is 6.10. The molecule has 0 aliphatic heterocycles. The van der Waals surface area contributed by atoms with Crippen LogP contribution in [-0.2, 0) is 0 Å². The minimum atomic E-state index is -0.326. The van der Waals surface area contributed by atoms with E-state index < -0.39 is 0 Å². The highest BCUT2D eigenvalue weighted by Gasteiger charge is 2.24. The lowest BCUT2D eigenvalue weighted by Crippen LogP contribution is -2.28. The molecular formula is C24H26N6O3. The summed E-state index contributed by atoms with van der Waals surface area (Å²) in [6.07, 6.45) is 1.56. The smallest absolute Gasteiger partial charge is 0.257 e. The molecule has 2 aromatic carbocycles. The molecule has 170 valence electrons. The average molecular weight is 447 g/mol. The lowest BCUT2D eigenvalue weighted by molar-refractivity contribution is 0.0951. The van der Waals surface area contributed by atoms with E-state index in [0.717, 1.165) is 0 Å². The Morgan fingerprint density at radius 2 is 1.97 bits per heavy atom. The Morgan fingerprint density at radius 1 is 1.24 bits per heavy atom. The van der Waals surface area contributed by atoms with Gasteiger partial charge in [-0.3, -0.25) is 4.79 Å². The van der Waals surface area contributed by atoms with Gasteiger partial charge in [0.1, 0.15) is 16.9 Å². The van der Waals surface area contributed by atoms with E-state index in [1.54, 1.807) is 18.3 Å². The second-order valence-electron chi connectivity index (χ2n) is 7.97. The van der Waals surface area contributed by atoms with Crippen molar-refractivity contribution in [1.82, 2.24) is 20.0 Å². The summed E-state index contributed by atoms with van der Waals surface area (Å²) in [7, 11) is 0. The summed E-state index contributed by atoms with van der Waals surface area (Å²) in [6, 6.07) is 12.3. The van der Waals surface area contributed by atoms with E-state index in [9.17, 15) is 9.90 Å². The third-order valence-corrected chi connectivity index (χ3v) is 4.98. The molecular weight excluding hydrogens is 420 g/mol. The summed E-state index contributed by atoms with van der Waals surface area (Å²) in [6.45, 7) is 6.78. The van der Waals surface area contributed by atoms with E-state index in [0.29, 0.717) is 46.7 Å². The number of phenols is 1. The zero-order valence-electron chi connectivity index (χ0n) is 18.7. The third kappa shape index (κ3) is 4.43. The van der Waals surface area contributed by atoms with E-state index in [2.05, 4.69) is 20.4 Å². The number of ether oxygens (including phenoxy) is 1. The number of hydrogen-bond acceptors (Lipinski definition) is 7. The number of anilines is 1. The molecule has 4 rings (SSSR count). The SMILES string of the molecule is CCOc1cc(/C=N\n2c(N)c(C(=O)NCC(C)C)c3nc4ccccc4nc32)ccc1O. The molecule has 0 atom stereocenters. The van der Waals surface area contributed by atoms with E-state index >= 15 is 0 Å². The number of carbonyl (C=O) groups excluding carboxylic acids is 1. The molecule has 9 heteroatoms. The third-order valence-electron chi connectivity index (χ3n) is 4.98. The summed E-state index contributed by atoms with van der Waals surface area (Å²) < 4.78 is 6.84. The molecule has 2 heterocycles. The summed E-state index contributed by atoms with van der Waals surface area (Å²) in [4.78, 5) is 22.3. The molecule has 0 aliphatic rings. The molecule has 0 saturated heterocycles. The Balaban J connectivity index is 1.84. The van der Waals surface area contributed by atoms with Crippen LogP contribution < -0.4 is 15.8 Å². The monoisotopic (exact) mass is 446 g/mol. The van der Waals surface area contributed by atoms with Crippen molar-refractivity contribution in [2.75, 3.05) is 18.9 Å². The summed E-state index contributed by atoms with van der Waals surface area (Å²) in [5.41, 5.74) is 9.39. The number of nitrogens with one attached hydrogen (secondary N) is 1. The Hall–Kier alpha value is -4.14. The van der Waals surface area contributed by atoms with Gasteiger partial charge in [0, 0.05) is 6.54 Å². The standard InChI is InChI=1S/C24H26N6O3/c1-4-33-19-11-15(9-10-18(19)31)13-27-30-22(25)20(24(32)26-12-14(2)3)21-23(30)29-17-8-6-5-7-16(17)28-21/h5-11,13-14,31H,4,12,25H2,1-3H3,(H,26,32)/b27-13-. The van der Waals surface area contributed by atoms with E-state index in [1.165, 1.54) is 10.7 Å². The second kappa shape index (κ2) is 9.15. The molecule has 0 saturated carbocycles. The number of rotatable bonds is 7. The van der Waals surface area contributed by atoms with Crippen molar-refractivity contribution in [2.24, 2.45) is 11.0 Å². The van der Waals surface area contributed by atoms with E-state index in [1.807, 2.05) is 45.0 Å². The van der Waals surface area contributed by atoms with Gasteiger partial charge in [-0.15, -0.1) is 0 Å². The van der Waals surface area contributed by atoms with Gasteiger partial charge < -0.3 is 20.9 Å². The largest absolute Gasteiger partial charge is 0.504 e. The number of benzene rings is 2. The van der Waals surface area contributed by atoms with E-state index in [-0.39, 0.29) is 29.0 Å². The van der Waals surface area contributed by atoms with Crippen LogP contribution in [-0.4, -0.2) is 45.0 Å². The lowest BCUT2D eigenvalue weighted by Gasteiger charge is -2.07. The number of nitrogens with two attached hydrogens (primary N) is 1. The first-order valence-corrected chi connectivity index (χ1v) is 10.7. The predicted octanol–water partition coefficient (Wildman–Crippen LogP) is 3.54. The number of carbonyl (C=O) groups is 1. The average Bonchev–Trinajstić information content (AvgIpc) is 3.06. The number of nitrogen functional groups attached to an aromatic ring is 1. The van der Waals surface area contributed by atoms with Crippen LogP contribution in [0.3, 0.4) is 0 Å². The molecule has 2 aromatic heterocycles. The predicted molar refractivity (Wildman–Crippen MR) is 129 cm³/mol. The van der Waals surface area contributed by atoms with Gasteiger partial charge in [-0.1, -0.05) is 26.0 Å². The lowest BCUT2D eigenvalue weighted by atomic mass is 10.2. The Kier molecular flexibility index (Phi) is 6.12. The van der Waals surface area contributed by atoms with Crippen LogP contribution in [0, 0.1) is 5.92 Å². The summed E-state index contributed by atoms with van der Waals surface area (Å²) in [5.74, 6) is 0.491. The van der Waals surface area contributed by atoms with Gasteiger partial charge in [-0.25, -0.2) is 9.97 Å². The quantitative estimate of drug-likeness (QED) is 0.373. The molecule has 0 spiro atoms. The fraction of sp³-hybridized carbons (Fsp3) is 0.250. The van der Waals surface area contributed by atoms with Gasteiger partial charge in [-0.05, 0) is 48.7 Å². The number of nitrogens with zero attached hydrogens (tertiary/aromatic N) is 4. The van der Waals surface area contributed by atoms with Crippen LogP contribution in [0.2, 0.25) is 0 Å². The number of aromatic hydroxyl groups is 1. The maximum Gasteiger partial charge on any atom is 0.257 e. The first-order valence-electron chi connectivity index (χ1n) is 10.7. The maximum atomic E-state index is 13.0. The normalized spacial score (nSPS) is 11.6. The van der Waals surface area contributed by atoms with Crippen molar-refractivity contribution >= 4 is 40.1 Å². The van der Waals surface area contributed by atoms with Crippen molar-refractivity contribution in [3.63, 3.8) is 0 Å². The zero-order valence-corrected chi connectivity index (χ0v) is 18.7. The Morgan fingerprint density at radius 3 is 2.67 bits per heavy atom. The second-order valence-corrected chi connectivity index (χ2v) is 7.97. The Labute approximate surface area is 190 Å². The summed E-state index contributed by atoms with van der Waals surface area (Å²) in [5, 5.41) is 17.3. The molecule has 4 N–H and O–H groups in total. The highest BCUT2D eigenvalue weighted by atomic mass is 16.5. The molecule has 0 bridgehead atoms. The number of hydrogen-bond donors (Lipinski definition) is 3. The number of para-hydroxylation sites is 2. The topological polar surface area (TPSA) is 128 Å². The van der Waals surface area contributed by atoms with Gasteiger partial charge in [0.25, 0.3) is 5.91 Å². The minimum absolute atomic E-state index is 0.0429. The van der Waals surface area contributed by atoms with Crippen LogP contribution in [0.15, 0.2) is 47.6 Å². The zero-order chi connectivity index (χ0) is 23.5. The van der Waals surface area contributed by atoms with Crippen LogP contribution in [0.1, 0.15) is 36.7 Å². The first-order chi connectivity index (χ1) is 15.9. The van der Waals surface area contributed by atoms with Crippen LogP contribution in [0.5, 0.6) is 11.5 Å². The Bertz CT molecular complexity index is 1360. The molecule has 0 radical (unpaired) electrons. The number of fused-ring (bicyclic) bond motifs is 2. The van der Waals surface area contributed by atoms with Crippen LogP contribution in [0.25, 0.3) is 22.2 Å². The van der Waals surface area contributed by atoms with Crippen molar-refractivity contribution in [2.45, 2.75) is 20.8 Å². The fourth-order valence-electron chi connectivity index (χ4n) is 3.38. The van der Waals surface area contributed by atoms with Gasteiger partial charge >= 0.3 is 0 Å². The fourth-order valence-corrected chi connectivity index (χ4v) is 3.38. The molecule has 33 heavy (non-hydrogen) atoms. The van der Waals surface area contributed by atoms with Gasteiger partial charge in [0.2, 0.25) is 0 Å². The first kappa shape index (κ1) is 22.1. The van der Waals surface area contributed by atoms with Crippen LogP contribution in [0.4, 0.5) is 5.82 Å². The molecule has 4 aromatic rings. The molecule has 1 amide bonds. The number of phenolic OH excluding ortho intramolecular Hbond substituents is 1. The van der Waals surface area contributed by atoms with Crippen molar-refractivity contribution < 1.29 is 14.6 Å². The minimum Gasteiger partial charge on any atom is -0.504 e. The molecule has 0 fully saturated rings. The van der Waals surface area contributed by atoms with Crippen LogP contribution >= 0.6 is 0 Å². The van der Waals surface area contributed by atoms with E-state index in [4.69, 9.17) is 10.5 Å². The van der Waals surface area contributed by atoms with Crippen molar-refractivity contribution in [3.05, 3.63) is 53.6 Å². The number of amides is 1. The number of aromatic nitrogens is 3. The molecule has 0 unspecified atom stereocenters. The van der Waals surface area contributed by atoms with Gasteiger partial charge in [0.05, 0.1) is 23.9 Å². The molecule has 9 nitrogen and oxygen atoms in total. The van der Waals surface area contributed by atoms with Crippen molar-refractivity contribution in [3.8, 4) is 11.5 Å². The molecule has 0 aliphatic carbocycles. The highest BCUT2D eigenvalue weighted by Crippen LogP contribution is 2.29. The maximum absolute atomic E-state index is 13.0. The van der Waals surface area contributed by atoms with Crippen molar-refractivity contribution in [1.29, 1.82) is 0 Å². The summed E-state index contributed by atoms with van der Waals surface area (Å²) >= 11 is 0.